The molecule has 5 N–H and O–H groups in total. The molecule has 0 radical (unpaired) electrons. The molecular weight excluding hydrogens is 246 g/mol. The molecule has 0 atom stereocenters. The molecule has 1 aromatic carbocycles. The maximum atomic E-state index is 11.9. The highest BCUT2D eigenvalue weighted by molar-refractivity contribution is 5.62. The van der Waals surface area contributed by atoms with Gasteiger partial charge in [-0.05, 0) is 24.6 Å². The lowest BCUT2D eigenvalue weighted by Crippen LogP contribution is -2.18. The SMILES string of the molecule is CCCc1c(N)nc(-c2ccc(O)c(O)c2)[nH]c1=O. The highest BCUT2D eigenvalue weighted by Crippen LogP contribution is 2.28. The number of rotatable bonds is 3. The van der Waals surface area contributed by atoms with E-state index in [9.17, 15) is 15.0 Å². The standard InChI is InChI=1S/C13H15N3O3/c1-2-3-8-11(14)15-12(16-13(8)19)7-4-5-9(17)10(18)6-7/h4-6,17-18H,2-3H2,1H3,(H3,14,15,16,19). The monoisotopic (exact) mass is 261 g/mol. The molecule has 1 heterocycles. The number of phenols is 2. The van der Waals surface area contributed by atoms with Crippen LogP contribution in [0.1, 0.15) is 18.9 Å². The van der Waals surface area contributed by atoms with Gasteiger partial charge in [0.25, 0.3) is 5.56 Å². The Balaban J connectivity index is 2.52. The molecule has 2 rings (SSSR count). The number of aromatic amines is 1. The van der Waals surface area contributed by atoms with Crippen molar-refractivity contribution in [2.24, 2.45) is 0 Å². The van der Waals surface area contributed by atoms with Gasteiger partial charge in [-0.2, -0.15) is 0 Å². The van der Waals surface area contributed by atoms with Gasteiger partial charge in [-0.1, -0.05) is 13.3 Å². The number of nitrogens with zero attached hydrogens (tertiary/aromatic N) is 1. The fraction of sp³-hybridized carbons (Fsp3) is 0.231. The first kappa shape index (κ1) is 12.9. The Hall–Kier alpha value is -2.50. The third-order valence-electron chi connectivity index (χ3n) is 2.80. The number of hydrogen-bond donors (Lipinski definition) is 4. The van der Waals surface area contributed by atoms with Crippen LogP contribution in [0.5, 0.6) is 11.5 Å². The van der Waals surface area contributed by atoms with Gasteiger partial charge in [0.15, 0.2) is 11.5 Å². The summed E-state index contributed by atoms with van der Waals surface area (Å²) in [7, 11) is 0. The predicted molar refractivity (Wildman–Crippen MR) is 72.0 cm³/mol. The van der Waals surface area contributed by atoms with Crippen molar-refractivity contribution in [2.45, 2.75) is 19.8 Å². The number of anilines is 1. The van der Waals surface area contributed by atoms with E-state index in [1.54, 1.807) is 0 Å². The summed E-state index contributed by atoms with van der Waals surface area (Å²) in [5.41, 5.74) is 6.43. The summed E-state index contributed by atoms with van der Waals surface area (Å²) < 4.78 is 0. The third-order valence-corrected chi connectivity index (χ3v) is 2.80. The normalized spacial score (nSPS) is 10.6. The minimum absolute atomic E-state index is 0.188. The van der Waals surface area contributed by atoms with Gasteiger partial charge in [0, 0.05) is 5.56 Å². The van der Waals surface area contributed by atoms with Crippen LogP contribution in [0.15, 0.2) is 23.0 Å². The topological polar surface area (TPSA) is 112 Å². The van der Waals surface area contributed by atoms with Crippen molar-refractivity contribution in [2.75, 3.05) is 5.73 Å². The van der Waals surface area contributed by atoms with E-state index in [1.807, 2.05) is 6.92 Å². The van der Waals surface area contributed by atoms with Crippen molar-refractivity contribution < 1.29 is 10.2 Å². The number of nitrogens with two attached hydrogens (primary N) is 1. The number of nitrogen functional groups attached to an aromatic ring is 1. The largest absolute Gasteiger partial charge is 0.504 e. The number of H-pyrrole nitrogens is 1. The number of nitrogens with one attached hydrogen (secondary N) is 1. The Labute approximate surface area is 109 Å². The van der Waals surface area contributed by atoms with Crippen molar-refractivity contribution >= 4 is 5.82 Å². The molecule has 0 aliphatic carbocycles. The maximum absolute atomic E-state index is 11.9. The van der Waals surface area contributed by atoms with Crippen molar-refractivity contribution in [3.8, 4) is 22.9 Å². The second kappa shape index (κ2) is 5.01. The van der Waals surface area contributed by atoms with Gasteiger partial charge in [-0.15, -0.1) is 0 Å². The molecule has 0 amide bonds. The molecule has 0 bridgehead atoms. The Morgan fingerprint density at radius 2 is 2.05 bits per heavy atom. The molecule has 6 nitrogen and oxygen atoms in total. The first-order chi connectivity index (χ1) is 9.02. The minimum atomic E-state index is -0.281. The summed E-state index contributed by atoms with van der Waals surface area (Å²) in [4.78, 5) is 18.6. The molecule has 0 aliphatic heterocycles. The second-order valence-corrected chi connectivity index (χ2v) is 4.23. The number of hydrogen-bond acceptors (Lipinski definition) is 5. The van der Waals surface area contributed by atoms with Gasteiger partial charge in [0.2, 0.25) is 0 Å². The van der Waals surface area contributed by atoms with Crippen LogP contribution >= 0.6 is 0 Å². The highest BCUT2D eigenvalue weighted by Gasteiger charge is 2.10. The van der Waals surface area contributed by atoms with Crippen molar-refractivity contribution in [3.05, 3.63) is 34.1 Å². The van der Waals surface area contributed by atoms with E-state index in [4.69, 9.17) is 5.73 Å². The Morgan fingerprint density at radius 3 is 2.63 bits per heavy atom. The second-order valence-electron chi connectivity index (χ2n) is 4.23. The van der Waals surface area contributed by atoms with Crippen LogP contribution in [-0.2, 0) is 6.42 Å². The van der Waals surface area contributed by atoms with E-state index in [0.717, 1.165) is 6.42 Å². The highest BCUT2D eigenvalue weighted by atomic mass is 16.3. The lowest BCUT2D eigenvalue weighted by molar-refractivity contribution is 0.404. The summed E-state index contributed by atoms with van der Waals surface area (Å²) in [6, 6.07) is 4.17. The lowest BCUT2D eigenvalue weighted by atomic mass is 10.1. The maximum Gasteiger partial charge on any atom is 0.256 e. The Kier molecular flexibility index (Phi) is 3.41. The van der Waals surface area contributed by atoms with E-state index in [1.165, 1.54) is 18.2 Å². The molecule has 0 unspecified atom stereocenters. The van der Waals surface area contributed by atoms with E-state index in [0.29, 0.717) is 17.5 Å². The van der Waals surface area contributed by atoms with E-state index < -0.39 is 0 Å². The number of benzene rings is 1. The predicted octanol–water partition coefficient (Wildman–Crippen LogP) is 1.38. The molecule has 0 saturated carbocycles. The lowest BCUT2D eigenvalue weighted by Gasteiger charge is -2.07. The Bertz CT molecular complexity index is 665. The fourth-order valence-corrected chi connectivity index (χ4v) is 1.81. The molecule has 0 spiro atoms. The van der Waals surface area contributed by atoms with Gasteiger partial charge >= 0.3 is 0 Å². The van der Waals surface area contributed by atoms with Gasteiger partial charge in [0.1, 0.15) is 11.6 Å². The van der Waals surface area contributed by atoms with Gasteiger partial charge in [0.05, 0.1) is 5.56 Å². The van der Waals surface area contributed by atoms with Crippen LogP contribution < -0.4 is 11.3 Å². The van der Waals surface area contributed by atoms with Crippen LogP contribution in [-0.4, -0.2) is 20.2 Å². The average Bonchev–Trinajstić information content (AvgIpc) is 2.37. The van der Waals surface area contributed by atoms with Crippen molar-refractivity contribution in [1.82, 2.24) is 9.97 Å². The zero-order chi connectivity index (χ0) is 14.0. The summed E-state index contributed by atoms with van der Waals surface area (Å²) in [5.74, 6) is -0.0659. The first-order valence-electron chi connectivity index (χ1n) is 5.94. The summed E-state index contributed by atoms with van der Waals surface area (Å²) >= 11 is 0. The average molecular weight is 261 g/mol. The van der Waals surface area contributed by atoms with Gasteiger partial charge < -0.3 is 20.9 Å². The minimum Gasteiger partial charge on any atom is -0.504 e. The van der Waals surface area contributed by atoms with Crippen LogP contribution in [0.25, 0.3) is 11.4 Å². The summed E-state index contributed by atoms with van der Waals surface area (Å²) in [6.07, 6.45) is 1.36. The molecule has 100 valence electrons. The van der Waals surface area contributed by atoms with Crippen molar-refractivity contribution in [3.63, 3.8) is 0 Å². The molecule has 2 aromatic rings. The molecule has 19 heavy (non-hydrogen) atoms. The quantitative estimate of drug-likeness (QED) is 0.623. The van der Waals surface area contributed by atoms with Crippen LogP contribution in [0, 0.1) is 0 Å². The van der Waals surface area contributed by atoms with E-state index in [2.05, 4.69) is 9.97 Å². The molecule has 6 heteroatoms. The van der Waals surface area contributed by atoms with Crippen molar-refractivity contribution in [1.29, 1.82) is 0 Å². The zero-order valence-electron chi connectivity index (χ0n) is 10.5. The molecule has 0 aliphatic rings. The zero-order valence-corrected chi connectivity index (χ0v) is 10.5. The fourth-order valence-electron chi connectivity index (χ4n) is 1.81. The number of aromatic nitrogens is 2. The molecule has 1 aromatic heterocycles. The molecular formula is C13H15N3O3. The number of aromatic hydroxyl groups is 2. The van der Waals surface area contributed by atoms with Crippen LogP contribution in [0.4, 0.5) is 5.82 Å². The third kappa shape index (κ3) is 2.52. The van der Waals surface area contributed by atoms with Crippen LogP contribution in [0.3, 0.4) is 0 Å². The summed E-state index contributed by atoms with van der Waals surface area (Å²) in [5, 5.41) is 18.7. The molecule has 0 fully saturated rings. The first-order valence-corrected chi connectivity index (χ1v) is 5.94. The Morgan fingerprint density at radius 1 is 1.32 bits per heavy atom. The van der Waals surface area contributed by atoms with Crippen LogP contribution in [0.2, 0.25) is 0 Å². The van der Waals surface area contributed by atoms with E-state index >= 15 is 0 Å². The smallest absolute Gasteiger partial charge is 0.256 e. The van der Waals surface area contributed by atoms with E-state index in [-0.39, 0.29) is 28.7 Å². The van der Waals surface area contributed by atoms with Gasteiger partial charge in [-0.3, -0.25) is 4.79 Å². The number of phenolic OH excluding ortho intramolecular Hbond substituents is 2. The van der Waals surface area contributed by atoms with Gasteiger partial charge in [-0.25, -0.2) is 4.98 Å². The summed E-state index contributed by atoms with van der Waals surface area (Å²) in [6.45, 7) is 1.95. The molecule has 0 saturated heterocycles.